The highest BCUT2D eigenvalue weighted by molar-refractivity contribution is 4.82. The van der Waals surface area contributed by atoms with Crippen molar-refractivity contribution in [3.63, 3.8) is 0 Å². The average molecular weight is 295 g/mol. The Morgan fingerprint density at radius 2 is 1.29 bits per heavy atom. The molecule has 124 valence electrons. The van der Waals surface area contributed by atoms with Crippen molar-refractivity contribution < 1.29 is 4.74 Å². The predicted molar refractivity (Wildman–Crippen MR) is 91.6 cm³/mol. The van der Waals surface area contributed by atoms with Crippen molar-refractivity contribution in [3.8, 4) is 0 Å². The van der Waals surface area contributed by atoms with Crippen LogP contribution in [-0.2, 0) is 4.74 Å². The van der Waals surface area contributed by atoms with Crippen LogP contribution in [0, 0.1) is 17.8 Å². The molecule has 0 spiro atoms. The fourth-order valence-corrected chi connectivity index (χ4v) is 4.56. The summed E-state index contributed by atoms with van der Waals surface area (Å²) in [6.07, 6.45) is 19.1. The summed E-state index contributed by atoms with van der Waals surface area (Å²) >= 11 is 0. The summed E-state index contributed by atoms with van der Waals surface area (Å²) in [5, 5.41) is 0. The minimum atomic E-state index is 0.591. The van der Waals surface area contributed by atoms with Crippen LogP contribution in [0.15, 0.2) is 0 Å². The van der Waals surface area contributed by atoms with E-state index >= 15 is 0 Å². The Morgan fingerprint density at radius 3 is 1.86 bits per heavy atom. The van der Waals surface area contributed by atoms with Gasteiger partial charge in [-0.3, -0.25) is 0 Å². The Bertz CT molecular complexity index is 247. The molecule has 0 unspecified atom stereocenters. The largest absolute Gasteiger partial charge is 0.378 e. The van der Waals surface area contributed by atoms with Gasteiger partial charge in [0.15, 0.2) is 0 Å². The summed E-state index contributed by atoms with van der Waals surface area (Å²) in [6, 6.07) is 0. The summed E-state index contributed by atoms with van der Waals surface area (Å²) in [7, 11) is 0. The number of hydrogen-bond donors (Lipinski definition) is 0. The van der Waals surface area contributed by atoms with Gasteiger partial charge < -0.3 is 4.74 Å². The van der Waals surface area contributed by atoms with Crippen LogP contribution in [-0.4, -0.2) is 12.7 Å². The molecule has 2 aliphatic carbocycles. The summed E-state index contributed by atoms with van der Waals surface area (Å²) < 4.78 is 6.02. The minimum Gasteiger partial charge on any atom is -0.378 e. The SMILES string of the molecule is CCCCO[C@H]1CC[C@H]([C@H]2CC[C@H](CCCC)CC2)CC1. The Hall–Kier alpha value is -0.0400. The molecule has 0 atom stereocenters. The molecular formula is C20H38O. The third kappa shape index (κ3) is 5.93. The minimum absolute atomic E-state index is 0.591. The molecule has 0 aromatic rings. The Balaban J connectivity index is 1.60. The van der Waals surface area contributed by atoms with Gasteiger partial charge in [-0.15, -0.1) is 0 Å². The van der Waals surface area contributed by atoms with E-state index in [2.05, 4.69) is 13.8 Å². The van der Waals surface area contributed by atoms with E-state index < -0.39 is 0 Å². The van der Waals surface area contributed by atoms with Crippen LogP contribution in [0.2, 0.25) is 0 Å². The van der Waals surface area contributed by atoms with Crippen LogP contribution in [0.1, 0.15) is 97.3 Å². The lowest BCUT2D eigenvalue weighted by Crippen LogP contribution is -2.28. The molecule has 0 saturated heterocycles. The molecule has 0 heterocycles. The van der Waals surface area contributed by atoms with Gasteiger partial charge in [0.05, 0.1) is 6.10 Å². The van der Waals surface area contributed by atoms with Crippen molar-refractivity contribution in [3.05, 3.63) is 0 Å². The number of hydrogen-bond acceptors (Lipinski definition) is 1. The van der Waals surface area contributed by atoms with Gasteiger partial charge in [-0.05, 0) is 62.7 Å². The van der Waals surface area contributed by atoms with Gasteiger partial charge in [-0.2, -0.15) is 0 Å². The molecule has 2 fully saturated rings. The van der Waals surface area contributed by atoms with Crippen LogP contribution in [0.5, 0.6) is 0 Å². The van der Waals surface area contributed by atoms with E-state index in [0.29, 0.717) is 6.10 Å². The van der Waals surface area contributed by atoms with Crippen LogP contribution in [0.4, 0.5) is 0 Å². The van der Waals surface area contributed by atoms with Crippen molar-refractivity contribution >= 4 is 0 Å². The number of ether oxygens (including phenoxy) is 1. The van der Waals surface area contributed by atoms with Gasteiger partial charge in [-0.25, -0.2) is 0 Å². The Morgan fingerprint density at radius 1 is 0.714 bits per heavy atom. The first-order valence-corrected chi connectivity index (χ1v) is 9.95. The summed E-state index contributed by atoms with van der Waals surface area (Å²) in [6.45, 7) is 5.57. The van der Waals surface area contributed by atoms with Crippen LogP contribution in [0.25, 0.3) is 0 Å². The van der Waals surface area contributed by atoms with E-state index in [9.17, 15) is 0 Å². The Labute approximate surface area is 133 Å². The summed E-state index contributed by atoms with van der Waals surface area (Å²) in [5.74, 6) is 3.15. The van der Waals surface area contributed by atoms with Crippen LogP contribution < -0.4 is 0 Å². The van der Waals surface area contributed by atoms with Gasteiger partial charge in [0.2, 0.25) is 0 Å². The topological polar surface area (TPSA) is 9.23 Å². The maximum Gasteiger partial charge on any atom is 0.0575 e. The highest BCUT2D eigenvalue weighted by Gasteiger charge is 2.30. The van der Waals surface area contributed by atoms with E-state index in [-0.39, 0.29) is 0 Å². The lowest BCUT2D eigenvalue weighted by Gasteiger charge is -2.37. The van der Waals surface area contributed by atoms with E-state index in [1.807, 2.05) is 0 Å². The zero-order chi connectivity index (χ0) is 14.9. The molecule has 0 bridgehead atoms. The standard InChI is InChI=1S/C20H38O/c1-3-5-7-17-8-10-18(11-9-17)19-12-14-20(15-13-19)21-16-6-4-2/h17-20H,3-16H2,1-2H3/t17-,18-,19-,20-. The summed E-state index contributed by atoms with van der Waals surface area (Å²) in [5.41, 5.74) is 0. The molecule has 2 rings (SSSR count). The monoisotopic (exact) mass is 294 g/mol. The lowest BCUT2D eigenvalue weighted by atomic mass is 9.70. The average Bonchev–Trinajstić information content (AvgIpc) is 2.54. The molecule has 21 heavy (non-hydrogen) atoms. The zero-order valence-corrected chi connectivity index (χ0v) is 14.6. The van der Waals surface area contributed by atoms with E-state index in [0.717, 1.165) is 24.4 Å². The van der Waals surface area contributed by atoms with Crippen molar-refractivity contribution in [1.82, 2.24) is 0 Å². The van der Waals surface area contributed by atoms with Crippen molar-refractivity contribution in [2.45, 2.75) is 103 Å². The molecule has 0 aliphatic heterocycles. The normalized spacial score (nSPS) is 34.0. The molecule has 0 N–H and O–H groups in total. The predicted octanol–water partition coefficient (Wildman–Crippen LogP) is 6.36. The third-order valence-corrected chi connectivity index (χ3v) is 6.09. The molecule has 1 nitrogen and oxygen atoms in total. The summed E-state index contributed by atoms with van der Waals surface area (Å²) in [4.78, 5) is 0. The molecule has 2 saturated carbocycles. The van der Waals surface area contributed by atoms with Crippen molar-refractivity contribution in [2.24, 2.45) is 17.8 Å². The van der Waals surface area contributed by atoms with E-state index in [1.54, 1.807) is 0 Å². The molecule has 2 aliphatic rings. The molecule has 0 aromatic heterocycles. The van der Waals surface area contributed by atoms with Crippen molar-refractivity contribution in [2.75, 3.05) is 6.61 Å². The molecule has 0 aromatic carbocycles. The first-order valence-electron chi connectivity index (χ1n) is 9.95. The van der Waals surface area contributed by atoms with E-state index in [1.165, 1.54) is 83.5 Å². The Kier molecular flexibility index (Phi) is 8.14. The van der Waals surface area contributed by atoms with E-state index in [4.69, 9.17) is 4.74 Å². The van der Waals surface area contributed by atoms with Gasteiger partial charge >= 0.3 is 0 Å². The third-order valence-electron chi connectivity index (χ3n) is 6.09. The van der Waals surface area contributed by atoms with Crippen LogP contribution in [0.3, 0.4) is 0 Å². The smallest absolute Gasteiger partial charge is 0.0575 e. The van der Waals surface area contributed by atoms with Crippen LogP contribution >= 0.6 is 0 Å². The molecule has 1 heteroatoms. The van der Waals surface area contributed by atoms with Gasteiger partial charge in [0.1, 0.15) is 0 Å². The van der Waals surface area contributed by atoms with Gasteiger partial charge in [-0.1, -0.05) is 52.4 Å². The fraction of sp³-hybridized carbons (Fsp3) is 1.00. The number of unbranched alkanes of at least 4 members (excludes halogenated alkanes) is 2. The first-order chi connectivity index (χ1) is 10.3. The fourth-order valence-electron chi connectivity index (χ4n) is 4.56. The molecule has 0 amide bonds. The quantitative estimate of drug-likeness (QED) is 0.473. The first kappa shape index (κ1) is 17.3. The number of rotatable bonds is 8. The second-order valence-corrected chi connectivity index (χ2v) is 7.68. The van der Waals surface area contributed by atoms with Gasteiger partial charge in [0.25, 0.3) is 0 Å². The highest BCUT2D eigenvalue weighted by atomic mass is 16.5. The second-order valence-electron chi connectivity index (χ2n) is 7.68. The van der Waals surface area contributed by atoms with Gasteiger partial charge in [0, 0.05) is 6.61 Å². The molecule has 0 radical (unpaired) electrons. The maximum absolute atomic E-state index is 6.02. The van der Waals surface area contributed by atoms with Crippen molar-refractivity contribution in [1.29, 1.82) is 0 Å². The zero-order valence-electron chi connectivity index (χ0n) is 14.6. The molecular weight excluding hydrogens is 256 g/mol. The maximum atomic E-state index is 6.02. The lowest BCUT2D eigenvalue weighted by molar-refractivity contribution is 0.00577. The second kappa shape index (κ2) is 9.87. The highest BCUT2D eigenvalue weighted by Crippen LogP contribution is 2.41.